The molecule has 0 bridgehead atoms. The summed E-state index contributed by atoms with van der Waals surface area (Å²) in [4.78, 5) is 11.2. The number of aliphatic hydroxyl groups is 1. The molecule has 1 aliphatic carbocycles. The number of carbonyl (C=O) groups excluding carboxylic acids is 1. The average Bonchev–Trinajstić information content (AvgIpc) is 2.64. The number of carbonyl (C=O) groups is 1. The van der Waals surface area contributed by atoms with Crippen molar-refractivity contribution in [1.29, 1.82) is 0 Å². The molecule has 0 aliphatic heterocycles. The van der Waals surface area contributed by atoms with E-state index in [1.54, 1.807) is 6.07 Å². The van der Waals surface area contributed by atoms with Gasteiger partial charge in [-0.2, -0.15) is 0 Å². The number of nitrogens with two attached hydrogens (primary N) is 1. The summed E-state index contributed by atoms with van der Waals surface area (Å²) in [6.07, 6.45) is 1.98. The SMILES string of the molecule is NC(=O)c1c(F)cccc1N[C@H]1CCC[C@H]1O. The van der Waals surface area contributed by atoms with Gasteiger partial charge in [0.05, 0.1) is 23.4 Å². The summed E-state index contributed by atoms with van der Waals surface area (Å²) in [5.74, 6) is -1.45. The number of benzene rings is 1. The maximum atomic E-state index is 13.5. The summed E-state index contributed by atoms with van der Waals surface area (Å²) in [7, 11) is 0. The topological polar surface area (TPSA) is 75.4 Å². The van der Waals surface area contributed by atoms with Crippen molar-refractivity contribution in [1.82, 2.24) is 0 Å². The molecule has 2 atom stereocenters. The maximum absolute atomic E-state index is 13.5. The van der Waals surface area contributed by atoms with Crippen LogP contribution in [-0.2, 0) is 0 Å². The smallest absolute Gasteiger partial charge is 0.253 e. The van der Waals surface area contributed by atoms with E-state index in [1.165, 1.54) is 12.1 Å². The molecular weight excluding hydrogens is 223 g/mol. The lowest BCUT2D eigenvalue weighted by molar-refractivity contribution is 0.0997. The van der Waals surface area contributed by atoms with E-state index in [4.69, 9.17) is 5.73 Å². The molecule has 4 nitrogen and oxygen atoms in total. The average molecular weight is 238 g/mol. The highest BCUT2D eigenvalue weighted by atomic mass is 19.1. The Kier molecular flexibility index (Phi) is 3.28. The molecule has 0 radical (unpaired) electrons. The van der Waals surface area contributed by atoms with Gasteiger partial charge in [-0.25, -0.2) is 4.39 Å². The van der Waals surface area contributed by atoms with E-state index in [0.29, 0.717) is 5.69 Å². The molecule has 4 N–H and O–H groups in total. The Bertz CT molecular complexity index is 437. The Morgan fingerprint density at radius 2 is 2.24 bits per heavy atom. The number of amides is 1. The van der Waals surface area contributed by atoms with E-state index in [0.717, 1.165) is 19.3 Å². The Labute approximate surface area is 98.6 Å². The number of hydrogen-bond donors (Lipinski definition) is 3. The van der Waals surface area contributed by atoms with Crippen LogP contribution in [0, 0.1) is 5.82 Å². The van der Waals surface area contributed by atoms with E-state index < -0.39 is 17.8 Å². The van der Waals surface area contributed by atoms with E-state index in [9.17, 15) is 14.3 Å². The second-order valence-electron chi connectivity index (χ2n) is 4.28. The first kappa shape index (κ1) is 11.9. The normalized spacial score (nSPS) is 23.6. The van der Waals surface area contributed by atoms with E-state index in [-0.39, 0.29) is 11.6 Å². The van der Waals surface area contributed by atoms with Gasteiger partial charge in [0.25, 0.3) is 5.91 Å². The molecule has 1 aromatic rings. The minimum absolute atomic E-state index is 0.144. The summed E-state index contributed by atoms with van der Waals surface area (Å²) < 4.78 is 13.5. The minimum Gasteiger partial charge on any atom is -0.391 e. The Morgan fingerprint density at radius 1 is 1.47 bits per heavy atom. The highest BCUT2D eigenvalue weighted by Crippen LogP contribution is 2.25. The summed E-state index contributed by atoms with van der Waals surface area (Å²) in [6, 6.07) is 4.14. The van der Waals surface area contributed by atoms with Crippen LogP contribution in [0.15, 0.2) is 18.2 Å². The van der Waals surface area contributed by atoms with E-state index in [2.05, 4.69) is 5.32 Å². The molecule has 0 heterocycles. The van der Waals surface area contributed by atoms with Crippen LogP contribution in [0.3, 0.4) is 0 Å². The molecule has 0 aromatic heterocycles. The molecule has 17 heavy (non-hydrogen) atoms. The molecule has 0 spiro atoms. The van der Waals surface area contributed by atoms with Crippen molar-refractivity contribution in [2.75, 3.05) is 5.32 Å². The zero-order valence-electron chi connectivity index (χ0n) is 9.32. The lowest BCUT2D eigenvalue weighted by Gasteiger charge is -2.19. The van der Waals surface area contributed by atoms with Crippen LogP contribution < -0.4 is 11.1 Å². The third-order valence-corrected chi connectivity index (χ3v) is 3.08. The number of aliphatic hydroxyl groups excluding tert-OH is 1. The molecule has 2 rings (SSSR count). The lowest BCUT2D eigenvalue weighted by Crippen LogP contribution is -2.29. The number of anilines is 1. The van der Waals surface area contributed by atoms with Gasteiger partial charge >= 0.3 is 0 Å². The van der Waals surface area contributed by atoms with Crippen LogP contribution in [0.25, 0.3) is 0 Å². The first-order chi connectivity index (χ1) is 8.09. The van der Waals surface area contributed by atoms with Crippen molar-refractivity contribution in [2.24, 2.45) is 5.73 Å². The van der Waals surface area contributed by atoms with Crippen LogP contribution in [0.5, 0.6) is 0 Å². The van der Waals surface area contributed by atoms with Crippen LogP contribution in [0.2, 0.25) is 0 Å². The molecule has 1 saturated carbocycles. The first-order valence-corrected chi connectivity index (χ1v) is 5.62. The summed E-state index contributed by atoms with van der Waals surface area (Å²) in [5, 5.41) is 12.7. The Balaban J connectivity index is 2.26. The van der Waals surface area contributed by atoms with Gasteiger partial charge in [-0.3, -0.25) is 4.79 Å². The first-order valence-electron chi connectivity index (χ1n) is 5.62. The third kappa shape index (κ3) is 2.39. The predicted octanol–water partition coefficient (Wildman–Crippen LogP) is 1.25. The number of nitrogens with one attached hydrogen (secondary N) is 1. The third-order valence-electron chi connectivity index (χ3n) is 3.08. The molecule has 1 fully saturated rings. The van der Waals surface area contributed by atoms with Gasteiger partial charge in [-0.05, 0) is 31.4 Å². The summed E-state index contributed by atoms with van der Waals surface area (Å²) in [6.45, 7) is 0. The highest BCUT2D eigenvalue weighted by Gasteiger charge is 2.26. The van der Waals surface area contributed by atoms with Gasteiger partial charge in [0.15, 0.2) is 0 Å². The van der Waals surface area contributed by atoms with Crippen LogP contribution in [0.1, 0.15) is 29.6 Å². The van der Waals surface area contributed by atoms with Gasteiger partial charge < -0.3 is 16.2 Å². The van der Waals surface area contributed by atoms with E-state index >= 15 is 0 Å². The number of hydrogen-bond acceptors (Lipinski definition) is 3. The molecule has 5 heteroatoms. The number of rotatable bonds is 3. The van der Waals surface area contributed by atoms with Gasteiger partial charge in [0, 0.05) is 0 Å². The fourth-order valence-corrected chi connectivity index (χ4v) is 2.20. The fourth-order valence-electron chi connectivity index (χ4n) is 2.20. The zero-order chi connectivity index (χ0) is 12.4. The monoisotopic (exact) mass is 238 g/mol. The molecular formula is C12H15FN2O2. The minimum atomic E-state index is -0.807. The van der Waals surface area contributed by atoms with Crippen molar-refractivity contribution in [2.45, 2.75) is 31.4 Å². The number of halogens is 1. The van der Waals surface area contributed by atoms with Crippen LogP contribution in [-0.4, -0.2) is 23.2 Å². The Morgan fingerprint density at radius 3 is 2.82 bits per heavy atom. The number of primary amides is 1. The van der Waals surface area contributed by atoms with Crippen molar-refractivity contribution in [3.8, 4) is 0 Å². The van der Waals surface area contributed by atoms with Gasteiger partial charge in [-0.1, -0.05) is 6.07 Å². The van der Waals surface area contributed by atoms with Gasteiger partial charge in [-0.15, -0.1) is 0 Å². The van der Waals surface area contributed by atoms with Crippen LogP contribution in [0.4, 0.5) is 10.1 Å². The van der Waals surface area contributed by atoms with E-state index in [1.807, 2.05) is 0 Å². The molecule has 1 aromatic carbocycles. The second kappa shape index (κ2) is 4.71. The molecule has 0 unspecified atom stereocenters. The maximum Gasteiger partial charge on any atom is 0.253 e. The standard InChI is InChI=1S/C12H15FN2O2/c13-7-3-1-5-9(11(7)12(14)17)15-8-4-2-6-10(8)16/h1,3,5,8,10,15-16H,2,4,6H2,(H2,14,17)/t8-,10+/m0/s1. The Hall–Kier alpha value is -1.62. The van der Waals surface area contributed by atoms with Gasteiger partial charge in [0.1, 0.15) is 5.82 Å². The van der Waals surface area contributed by atoms with Crippen molar-refractivity contribution in [3.63, 3.8) is 0 Å². The largest absolute Gasteiger partial charge is 0.391 e. The molecule has 1 aliphatic rings. The fraction of sp³-hybridized carbons (Fsp3) is 0.417. The van der Waals surface area contributed by atoms with Crippen molar-refractivity contribution < 1.29 is 14.3 Å². The highest BCUT2D eigenvalue weighted by molar-refractivity contribution is 5.98. The van der Waals surface area contributed by atoms with Crippen LogP contribution >= 0.6 is 0 Å². The zero-order valence-corrected chi connectivity index (χ0v) is 9.32. The summed E-state index contributed by atoms with van der Waals surface area (Å²) >= 11 is 0. The lowest BCUT2D eigenvalue weighted by atomic mass is 10.1. The predicted molar refractivity (Wildman–Crippen MR) is 62.2 cm³/mol. The van der Waals surface area contributed by atoms with Gasteiger partial charge in [0.2, 0.25) is 0 Å². The molecule has 92 valence electrons. The van der Waals surface area contributed by atoms with Crippen molar-refractivity contribution in [3.05, 3.63) is 29.6 Å². The quantitative estimate of drug-likeness (QED) is 0.741. The molecule has 1 amide bonds. The van der Waals surface area contributed by atoms with Crippen molar-refractivity contribution >= 4 is 11.6 Å². The second-order valence-corrected chi connectivity index (χ2v) is 4.28. The molecule has 0 saturated heterocycles. The summed E-state index contributed by atoms with van der Waals surface area (Å²) in [5.41, 5.74) is 5.35.